The lowest BCUT2D eigenvalue weighted by Crippen LogP contribution is -2.07. The number of ether oxygens (including phenoxy) is 1. The van der Waals surface area contributed by atoms with Crippen LogP contribution in [0.3, 0.4) is 0 Å². The molecule has 1 rings (SSSR count). The zero-order chi connectivity index (χ0) is 17.4. The number of hydrogen-bond donors (Lipinski definition) is 0. The molecule has 124 valence electrons. The number of rotatable bonds is 4. The van der Waals surface area contributed by atoms with E-state index in [2.05, 4.69) is 4.74 Å². The summed E-state index contributed by atoms with van der Waals surface area (Å²) in [5.41, 5.74) is -2.73. The van der Waals surface area contributed by atoms with Crippen LogP contribution in [0.4, 0.5) is 39.5 Å². The third-order valence-corrected chi connectivity index (χ3v) is 2.02. The summed E-state index contributed by atoms with van der Waals surface area (Å²) in [5.74, 6) is -7.19. The molecule has 0 aromatic heterocycles. The Morgan fingerprint density at radius 3 is 1.95 bits per heavy atom. The van der Waals surface area contributed by atoms with Gasteiger partial charge in [0.15, 0.2) is 11.7 Å². The van der Waals surface area contributed by atoms with E-state index in [0.717, 1.165) is 0 Å². The first-order valence-electron chi connectivity index (χ1n) is 5.11. The van der Waals surface area contributed by atoms with E-state index in [1.807, 2.05) is 0 Å². The number of alkyl halides is 3. The molecule has 0 spiro atoms. The van der Waals surface area contributed by atoms with Crippen LogP contribution >= 0.6 is 0 Å². The molecule has 0 aliphatic heterocycles. The summed E-state index contributed by atoms with van der Waals surface area (Å²) in [6.45, 7) is -3.65. The van der Waals surface area contributed by atoms with Gasteiger partial charge in [-0.15, -0.1) is 0 Å². The van der Waals surface area contributed by atoms with Gasteiger partial charge in [-0.1, -0.05) is 0 Å². The molecule has 0 atom stereocenters. The molecule has 10 heteroatoms. The highest BCUT2D eigenvalue weighted by atomic mass is 19.3. The molecule has 0 saturated heterocycles. The lowest BCUT2D eigenvalue weighted by atomic mass is 10.1. The molecule has 1 aromatic rings. The second-order valence-electron chi connectivity index (χ2n) is 3.24. The summed E-state index contributed by atoms with van der Waals surface area (Å²) in [4.78, 5) is 0. The van der Waals surface area contributed by atoms with Gasteiger partial charge in [0.25, 0.3) is 0 Å². The Bertz CT molecular complexity index is 562. The van der Waals surface area contributed by atoms with Crippen LogP contribution < -0.4 is 4.74 Å². The molecule has 0 aliphatic carbocycles. The van der Waals surface area contributed by atoms with Gasteiger partial charge in [-0.25, -0.2) is 17.6 Å². The smallest absolute Gasteiger partial charge is 0.387 e. The van der Waals surface area contributed by atoms with Gasteiger partial charge in [0.2, 0.25) is 0 Å². The summed E-state index contributed by atoms with van der Waals surface area (Å²) in [6, 6.07) is 0.275. The van der Waals surface area contributed by atoms with Gasteiger partial charge in [-0.2, -0.15) is 17.6 Å². The van der Waals surface area contributed by atoms with E-state index < -0.39 is 53.4 Å². The van der Waals surface area contributed by atoms with Crippen molar-refractivity contribution in [3.63, 3.8) is 0 Å². The summed E-state index contributed by atoms with van der Waals surface area (Å²) < 4.78 is 113. The van der Waals surface area contributed by atoms with Crippen LogP contribution in [-0.4, -0.2) is 13.8 Å². The first-order valence-corrected chi connectivity index (χ1v) is 5.11. The molecule has 0 bridgehead atoms. The first-order chi connectivity index (χ1) is 10.3. The predicted molar refractivity (Wildman–Crippen MR) is 60.5 cm³/mol. The third-order valence-electron chi connectivity index (χ3n) is 2.02. The van der Waals surface area contributed by atoms with Crippen LogP contribution in [0.25, 0.3) is 11.7 Å². The third kappa shape index (κ3) is 5.01. The minimum absolute atomic E-state index is 0.0845. The summed E-state index contributed by atoms with van der Waals surface area (Å²) in [5, 5.41) is 0. The van der Waals surface area contributed by atoms with Gasteiger partial charge < -0.3 is 4.74 Å². The van der Waals surface area contributed by atoms with Crippen molar-refractivity contribution in [1.29, 1.82) is 0 Å². The topological polar surface area (TPSA) is 9.23 Å². The van der Waals surface area contributed by atoms with Crippen LogP contribution in [-0.2, 0) is 0 Å². The fourth-order valence-electron chi connectivity index (χ4n) is 1.31. The van der Waals surface area contributed by atoms with Crippen molar-refractivity contribution in [1.82, 2.24) is 0 Å². The molecule has 0 aliphatic rings. The van der Waals surface area contributed by atoms with Crippen molar-refractivity contribution in [2.24, 2.45) is 0 Å². The Labute approximate surface area is 118 Å². The maximum absolute atomic E-state index is 13.1. The van der Waals surface area contributed by atoms with Crippen molar-refractivity contribution in [3.05, 3.63) is 41.5 Å². The van der Waals surface area contributed by atoms with Crippen molar-refractivity contribution in [2.45, 2.75) is 6.61 Å². The molecule has 0 radical (unpaired) electrons. The predicted octanol–water partition coefficient (Wildman–Crippen LogP) is 5.78. The number of benzene rings is 1. The van der Waals surface area contributed by atoms with Crippen molar-refractivity contribution in [2.75, 3.05) is 7.18 Å². The minimum atomic E-state index is -3.65. The molecule has 1 aromatic carbocycles. The van der Waals surface area contributed by atoms with Crippen molar-refractivity contribution >= 4 is 11.7 Å². The first kappa shape index (κ1) is 19.9. The molecule has 1 nitrogen and oxygen atoms in total. The van der Waals surface area contributed by atoms with Gasteiger partial charge in [-0.3, -0.25) is 4.39 Å². The summed E-state index contributed by atoms with van der Waals surface area (Å²) in [6.07, 6.45) is -3.71. The minimum Gasteiger partial charge on any atom is -0.433 e. The standard InChI is InChI=1S/C11H4F8O.CH3F/c12-3-7(14)5-1-4(13)2-6(8(15)10(16)17)9(5)20-11(18)19;1-2/h1-3,11H;1H3/b7-3+;. The van der Waals surface area contributed by atoms with E-state index in [4.69, 9.17) is 0 Å². The van der Waals surface area contributed by atoms with Gasteiger partial charge in [0, 0.05) is 0 Å². The van der Waals surface area contributed by atoms with Gasteiger partial charge in [0.05, 0.1) is 18.3 Å². The molecule has 0 N–H and O–H groups in total. The SMILES string of the molecule is CF.F/C=C(/F)c1cc(F)cc(C(F)=C(F)F)c1OC(F)F. The maximum atomic E-state index is 13.1. The summed E-state index contributed by atoms with van der Waals surface area (Å²) in [7, 11) is 0.500. The molecule has 0 fully saturated rings. The molecule has 22 heavy (non-hydrogen) atoms. The van der Waals surface area contributed by atoms with E-state index in [1.165, 1.54) is 0 Å². The van der Waals surface area contributed by atoms with Crippen LogP contribution in [0.5, 0.6) is 5.75 Å². The lowest BCUT2D eigenvalue weighted by Gasteiger charge is -2.13. The van der Waals surface area contributed by atoms with Crippen LogP contribution in [0.1, 0.15) is 11.1 Å². The van der Waals surface area contributed by atoms with Crippen LogP contribution in [0.2, 0.25) is 0 Å². The quantitative estimate of drug-likeness (QED) is 0.632. The van der Waals surface area contributed by atoms with Gasteiger partial charge in [0.1, 0.15) is 17.9 Å². The molecular formula is C12H7F9O. The van der Waals surface area contributed by atoms with E-state index in [1.54, 1.807) is 0 Å². The van der Waals surface area contributed by atoms with Gasteiger partial charge in [-0.05, 0) is 12.1 Å². The Balaban J connectivity index is 0.00000211. The highest BCUT2D eigenvalue weighted by molar-refractivity contribution is 5.75. The van der Waals surface area contributed by atoms with Crippen LogP contribution in [0, 0.1) is 5.82 Å². The molecule has 0 amide bonds. The van der Waals surface area contributed by atoms with E-state index in [-0.39, 0.29) is 12.1 Å². The average Bonchev–Trinajstić information content (AvgIpc) is 2.48. The highest BCUT2D eigenvalue weighted by Crippen LogP contribution is 2.38. The van der Waals surface area contributed by atoms with Crippen LogP contribution in [0.15, 0.2) is 24.5 Å². The van der Waals surface area contributed by atoms with Crippen molar-refractivity contribution < 1.29 is 44.3 Å². The fourth-order valence-corrected chi connectivity index (χ4v) is 1.31. The number of halogens is 9. The Kier molecular flexibility index (Phi) is 8.13. The van der Waals surface area contributed by atoms with E-state index in [0.29, 0.717) is 7.18 Å². The Morgan fingerprint density at radius 1 is 1.05 bits per heavy atom. The Morgan fingerprint density at radius 2 is 1.55 bits per heavy atom. The average molecular weight is 338 g/mol. The van der Waals surface area contributed by atoms with Crippen molar-refractivity contribution in [3.8, 4) is 5.75 Å². The number of hydrogen-bond acceptors (Lipinski definition) is 1. The monoisotopic (exact) mass is 338 g/mol. The normalized spacial score (nSPS) is 11.0. The van der Waals surface area contributed by atoms with E-state index >= 15 is 0 Å². The largest absolute Gasteiger partial charge is 0.433 e. The second-order valence-corrected chi connectivity index (χ2v) is 3.24. The van der Waals surface area contributed by atoms with E-state index in [9.17, 15) is 39.5 Å². The highest BCUT2D eigenvalue weighted by Gasteiger charge is 2.24. The molecule has 0 saturated carbocycles. The Hall–Kier alpha value is -2.13. The lowest BCUT2D eigenvalue weighted by molar-refractivity contribution is -0.0504. The fraction of sp³-hybridized carbons (Fsp3) is 0.167. The summed E-state index contributed by atoms with van der Waals surface area (Å²) >= 11 is 0. The second kappa shape index (κ2) is 9.00. The zero-order valence-electron chi connectivity index (χ0n) is 10.6. The van der Waals surface area contributed by atoms with Gasteiger partial charge >= 0.3 is 12.7 Å². The molecular weight excluding hydrogens is 331 g/mol. The maximum Gasteiger partial charge on any atom is 0.387 e. The molecule has 0 unspecified atom stereocenters. The molecule has 0 heterocycles. The zero-order valence-corrected chi connectivity index (χ0v) is 10.6.